The summed E-state index contributed by atoms with van der Waals surface area (Å²) in [4.78, 5) is 0.415. The van der Waals surface area contributed by atoms with E-state index in [2.05, 4.69) is 12.2 Å². The predicted molar refractivity (Wildman–Crippen MR) is 81.3 cm³/mol. The normalized spacial score (nSPS) is 15.8. The number of hydrogen-bond acceptors (Lipinski definition) is 3. The Labute approximate surface area is 122 Å². The molecule has 0 atom stereocenters. The van der Waals surface area contributed by atoms with Crippen molar-refractivity contribution in [1.29, 1.82) is 0 Å². The number of rotatable bonds is 8. The summed E-state index contributed by atoms with van der Waals surface area (Å²) in [7, 11) is -3.31. The first-order valence-electron chi connectivity index (χ1n) is 7.41. The molecule has 0 spiro atoms. The fraction of sp³-hybridized carbons (Fsp3) is 0.600. The van der Waals surface area contributed by atoms with Gasteiger partial charge in [-0.05, 0) is 50.0 Å². The Bertz CT molecular complexity index is 521. The van der Waals surface area contributed by atoms with Gasteiger partial charge in [-0.25, -0.2) is 8.42 Å². The molecule has 1 fully saturated rings. The molecule has 0 aromatic heterocycles. The van der Waals surface area contributed by atoms with Crippen LogP contribution in [-0.2, 0) is 16.4 Å². The van der Waals surface area contributed by atoms with Crippen LogP contribution in [-0.4, -0.2) is 38.4 Å². The molecule has 112 valence electrons. The first-order valence-corrected chi connectivity index (χ1v) is 8.85. The summed E-state index contributed by atoms with van der Waals surface area (Å²) >= 11 is 0. The minimum atomic E-state index is -3.31. The molecule has 1 saturated carbocycles. The maximum atomic E-state index is 12.5. The van der Waals surface area contributed by atoms with Crippen molar-refractivity contribution in [1.82, 2.24) is 9.62 Å². The van der Waals surface area contributed by atoms with E-state index in [1.54, 1.807) is 16.4 Å². The second-order valence-corrected chi connectivity index (χ2v) is 7.08. The second-order valence-electron chi connectivity index (χ2n) is 5.19. The molecule has 2 rings (SSSR count). The third-order valence-electron chi connectivity index (χ3n) is 3.64. The van der Waals surface area contributed by atoms with E-state index in [1.165, 1.54) is 5.56 Å². The highest BCUT2D eigenvalue weighted by Gasteiger charge is 2.36. The molecular weight excluding hydrogens is 272 g/mol. The maximum Gasteiger partial charge on any atom is 0.243 e. The van der Waals surface area contributed by atoms with E-state index in [0.717, 1.165) is 32.4 Å². The Balaban J connectivity index is 2.08. The second kappa shape index (κ2) is 6.70. The SMILES string of the molecule is CCNCCc1ccc(S(=O)(=O)N(CC)C2CC2)cc1. The van der Waals surface area contributed by atoms with Gasteiger partial charge >= 0.3 is 0 Å². The van der Waals surface area contributed by atoms with Gasteiger partial charge < -0.3 is 5.32 Å². The molecule has 1 aliphatic rings. The average molecular weight is 296 g/mol. The monoisotopic (exact) mass is 296 g/mol. The Kier molecular flexibility index (Phi) is 5.18. The van der Waals surface area contributed by atoms with Crippen LogP contribution in [0.1, 0.15) is 32.3 Å². The highest BCUT2D eigenvalue weighted by atomic mass is 32.2. The molecule has 20 heavy (non-hydrogen) atoms. The third kappa shape index (κ3) is 3.59. The third-order valence-corrected chi connectivity index (χ3v) is 5.68. The first-order chi connectivity index (χ1) is 9.59. The minimum absolute atomic E-state index is 0.221. The number of nitrogens with zero attached hydrogens (tertiary/aromatic N) is 1. The first kappa shape index (κ1) is 15.5. The maximum absolute atomic E-state index is 12.5. The van der Waals surface area contributed by atoms with E-state index in [-0.39, 0.29) is 6.04 Å². The van der Waals surface area contributed by atoms with Gasteiger partial charge in [0, 0.05) is 12.6 Å². The van der Waals surface area contributed by atoms with E-state index in [1.807, 2.05) is 19.1 Å². The number of likely N-dealkylation sites (N-methyl/N-ethyl adjacent to an activating group) is 1. The number of sulfonamides is 1. The molecule has 5 heteroatoms. The van der Waals surface area contributed by atoms with Gasteiger partial charge in [-0.2, -0.15) is 4.31 Å². The molecule has 0 radical (unpaired) electrons. The van der Waals surface area contributed by atoms with Crippen molar-refractivity contribution in [3.05, 3.63) is 29.8 Å². The molecule has 1 aromatic rings. The van der Waals surface area contributed by atoms with Crippen molar-refractivity contribution in [2.24, 2.45) is 0 Å². The molecule has 0 saturated heterocycles. The van der Waals surface area contributed by atoms with Crippen LogP contribution in [0.3, 0.4) is 0 Å². The summed E-state index contributed by atoms with van der Waals surface area (Å²) in [5.41, 5.74) is 1.17. The summed E-state index contributed by atoms with van der Waals surface area (Å²) in [6.45, 7) is 6.41. The van der Waals surface area contributed by atoms with Gasteiger partial charge in [0.1, 0.15) is 0 Å². The molecule has 0 bridgehead atoms. The van der Waals surface area contributed by atoms with Crippen LogP contribution in [0.25, 0.3) is 0 Å². The van der Waals surface area contributed by atoms with Crippen molar-refractivity contribution >= 4 is 10.0 Å². The molecule has 1 aliphatic carbocycles. The lowest BCUT2D eigenvalue weighted by Crippen LogP contribution is -2.32. The standard InChI is InChI=1S/C15H24N2O2S/c1-3-16-12-11-13-5-9-15(10-6-13)20(18,19)17(4-2)14-7-8-14/h5-6,9-10,14,16H,3-4,7-8,11-12H2,1-2H3. The van der Waals surface area contributed by atoms with Crippen molar-refractivity contribution in [2.75, 3.05) is 19.6 Å². The van der Waals surface area contributed by atoms with Gasteiger partial charge in [0.2, 0.25) is 10.0 Å². The van der Waals surface area contributed by atoms with Gasteiger partial charge in [-0.3, -0.25) is 0 Å². The molecule has 0 unspecified atom stereocenters. The summed E-state index contributed by atoms with van der Waals surface area (Å²) in [5.74, 6) is 0. The summed E-state index contributed by atoms with van der Waals surface area (Å²) in [6.07, 6.45) is 2.91. The van der Waals surface area contributed by atoms with Gasteiger partial charge in [-0.1, -0.05) is 26.0 Å². The Morgan fingerprint density at radius 3 is 2.35 bits per heavy atom. The lowest BCUT2D eigenvalue weighted by molar-refractivity contribution is 0.421. The number of benzene rings is 1. The summed E-state index contributed by atoms with van der Waals surface area (Å²) in [5, 5.41) is 3.27. The van der Waals surface area contributed by atoms with Crippen molar-refractivity contribution in [2.45, 2.75) is 44.0 Å². The summed E-state index contributed by atoms with van der Waals surface area (Å²) in [6, 6.07) is 7.54. The smallest absolute Gasteiger partial charge is 0.243 e. The molecule has 0 amide bonds. The molecule has 0 aliphatic heterocycles. The summed E-state index contributed by atoms with van der Waals surface area (Å²) < 4.78 is 26.7. The molecule has 4 nitrogen and oxygen atoms in total. The van der Waals surface area contributed by atoms with Crippen molar-refractivity contribution in [3.8, 4) is 0 Å². The zero-order valence-electron chi connectivity index (χ0n) is 12.3. The van der Waals surface area contributed by atoms with Crippen LogP contribution in [0.2, 0.25) is 0 Å². The molecule has 0 heterocycles. The topological polar surface area (TPSA) is 49.4 Å². The van der Waals surface area contributed by atoms with Gasteiger partial charge in [0.25, 0.3) is 0 Å². The molecule has 1 N–H and O–H groups in total. The van der Waals surface area contributed by atoms with Gasteiger partial charge in [0.15, 0.2) is 0 Å². The fourth-order valence-electron chi connectivity index (χ4n) is 2.36. The van der Waals surface area contributed by atoms with Crippen LogP contribution in [0.5, 0.6) is 0 Å². The fourth-order valence-corrected chi connectivity index (χ4v) is 4.05. The zero-order chi connectivity index (χ0) is 14.6. The van der Waals surface area contributed by atoms with Crippen molar-refractivity contribution < 1.29 is 8.42 Å². The Morgan fingerprint density at radius 1 is 1.20 bits per heavy atom. The highest BCUT2D eigenvalue weighted by Crippen LogP contribution is 2.31. The van der Waals surface area contributed by atoms with Crippen LogP contribution in [0.15, 0.2) is 29.2 Å². The van der Waals surface area contributed by atoms with Crippen LogP contribution in [0.4, 0.5) is 0 Å². The van der Waals surface area contributed by atoms with Crippen LogP contribution >= 0.6 is 0 Å². The largest absolute Gasteiger partial charge is 0.317 e. The lowest BCUT2D eigenvalue weighted by Gasteiger charge is -2.20. The Morgan fingerprint density at radius 2 is 1.85 bits per heavy atom. The van der Waals surface area contributed by atoms with Crippen molar-refractivity contribution in [3.63, 3.8) is 0 Å². The molecular formula is C15H24N2O2S. The average Bonchev–Trinajstić information content (AvgIpc) is 3.25. The number of hydrogen-bond donors (Lipinski definition) is 1. The minimum Gasteiger partial charge on any atom is -0.317 e. The zero-order valence-corrected chi connectivity index (χ0v) is 13.1. The quantitative estimate of drug-likeness (QED) is 0.747. The highest BCUT2D eigenvalue weighted by molar-refractivity contribution is 7.89. The van der Waals surface area contributed by atoms with Crippen LogP contribution < -0.4 is 5.32 Å². The predicted octanol–water partition coefficient (Wildman–Crippen LogP) is 2.01. The van der Waals surface area contributed by atoms with Gasteiger partial charge in [-0.15, -0.1) is 0 Å². The van der Waals surface area contributed by atoms with Gasteiger partial charge in [0.05, 0.1) is 4.90 Å². The lowest BCUT2D eigenvalue weighted by atomic mass is 10.1. The van der Waals surface area contributed by atoms with E-state index in [4.69, 9.17) is 0 Å². The van der Waals surface area contributed by atoms with E-state index < -0.39 is 10.0 Å². The Hall–Kier alpha value is -0.910. The van der Waals surface area contributed by atoms with E-state index in [9.17, 15) is 8.42 Å². The van der Waals surface area contributed by atoms with E-state index in [0.29, 0.717) is 11.4 Å². The number of nitrogens with one attached hydrogen (secondary N) is 1. The van der Waals surface area contributed by atoms with E-state index >= 15 is 0 Å². The molecule has 1 aromatic carbocycles. The van der Waals surface area contributed by atoms with Crippen LogP contribution in [0, 0.1) is 0 Å².